The first-order valence-corrected chi connectivity index (χ1v) is 11.5. The fraction of sp³-hybridized carbons (Fsp3) is 0.217. The molecule has 7 nitrogen and oxygen atoms in total. The van der Waals surface area contributed by atoms with Crippen LogP contribution in [0.3, 0.4) is 0 Å². The highest BCUT2D eigenvalue weighted by Crippen LogP contribution is 2.24. The Morgan fingerprint density at radius 2 is 1.91 bits per heavy atom. The van der Waals surface area contributed by atoms with Crippen LogP contribution in [-0.2, 0) is 12.3 Å². The molecule has 0 atom stereocenters. The predicted molar refractivity (Wildman–Crippen MR) is 127 cm³/mol. The van der Waals surface area contributed by atoms with E-state index in [2.05, 4.69) is 29.1 Å². The van der Waals surface area contributed by atoms with Crippen molar-refractivity contribution in [1.82, 2.24) is 19.2 Å². The summed E-state index contributed by atoms with van der Waals surface area (Å²) >= 11 is 7.64. The highest BCUT2D eigenvalue weighted by Gasteiger charge is 2.11. The van der Waals surface area contributed by atoms with Crippen LogP contribution in [-0.4, -0.2) is 25.1 Å². The molecule has 2 heterocycles. The average Bonchev–Trinajstić information content (AvgIpc) is 3.16. The zero-order chi connectivity index (χ0) is 22.7. The van der Waals surface area contributed by atoms with Gasteiger partial charge in [0.25, 0.3) is 17.2 Å². The van der Waals surface area contributed by atoms with Gasteiger partial charge in [0.2, 0.25) is 0 Å². The van der Waals surface area contributed by atoms with Crippen molar-refractivity contribution in [2.45, 2.75) is 31.0 Å². The largest absolute Gasteiger partial charge is 0.322 e. The molecule has 164 valence electrons. The third-order valence-electron chi connectivity index (χ3n) is 4.66. The van der Waals surface area contributed by atoms with Crippen molar-refractivity contribution in [3.05, 3.63) is 87.6 Å². The lowest BCUT2D eigenvalue weighted by molar-refractivity contribution is 0.102. The minimum atomic E-state index is -0.258. The van der Waals surface area contributed by atoms with Crippen molar-refractivity contribution in [2.24, 2.45) is 5.92 Å². The summed E-state index contributed by atoms with van der Waals surface area (Å²) in [6.07, 6.45) is 1.65. The van der Waals surface area contributed by atoms with Crippen LogP contribution >= 0.6 is 23.4 Å². The van der Waals surface area contributed by atoms with E-state index >= 15 is 0 Å². The lowest BCUT2D eigenvalue weighted by Crippen LogP contribution is -2.22. The van der Waals surface area contributed by atoms with Gasteiger partial charge in [-0.25, -0.2) is 4.98 Å². The van der Waals surface area contributed by atoms with Gasteiger partial charge >= 0.3 is 0 Å². The average molecular weight is 468 g/mol. The van der Waals surface area contributed by atoms with Crippen LogP contribution in [0.5, 0.6) is 0 Å². The number of nitrogens with one attached hydrogen (secondary N) is 1. The molecule has 2 aromatic heterocycles. The summed E-state index contributed by atoms with van der Waals surface area (Å²) < 4.78 is 3.30. The Bertz CT molecular complexity index is 1310. The number of nitrogens with zero attached hydrogens (tertiary/aromatic N) is 4. The number of carbonyl (C=O) groups excluding carboxylic acids is 1. The van der Waals surface area contributed by atoms with Crippen LogP contribution in [0, 0.1) is 5.92 Å². The normalized spacial score (nSPS) is 11.2. The second-order valence-electron chi connectivity index (χ2n) is 7.70. The van der Waals surface area contributed by atoms with Crippen molar-refractivity contribution in [2.75, 3.05) is 5.32 Å². The number of fused-ring (bicyclic) bond motifs is 1. The van der Waals surface area contributed by atoms with Crippen molar-refractivity contribution in [1.29, 1.82) is 0 Å². The maximum atomic E-state index is 12.6. The molecule has 0 bridgehead atoms. The molecule has 1 N–H and O–H groups in total. The molecular formula is C23H22ClN5O2S. The Morgan fingerprint density at radius 1 is 1.16 bits per heavy atom. The number of hydrogen-bond donors (Lipinski definition) is 1. The quantitative estimate of drug-likeness (QED) is 0.397. The summed E-state index contributed by atoms with van der Waals surface area (Å²) in [6, 6.07) is 16.0. The zero-order valence-electron chi connectivity index (χ0n) is 17.7. The molecule has 0 spiro atoms. The maximum Gasteiger partial charge on any atom is 0.274 e. The molecule has 4 rings (SSSR count). The van der Waals surface area contributed by atoms with Gasteiger partial charge < -0.3 is 5.32 Å². The van der Waals surface area contributed by atoms with Gasteiger partial charge in [0.15, 0.2) is 0 Å². The van der Waals surface area contributed by atoms with Gasteiger partial charge in [0, 0.05) is 28.9 Å². The van der Waals surface area contributed by atoms with Crippen molar-refractivity contribution in [3.8, 4) is 0 Å². The van der Waals surface area contributed by atoms with E-state index in [-0.39, 0.29) is 11.5 Å². The SMILES string of the molecule is CC(C)Cn1cnc2nc(CSc3ccc(NC(=O)c4ccccc4Cl)cc3)cc(=O)n21. The second kappa shape index (κ2) is 9.58. The summed E-state index contributed by atoms with van der Waals surface area (Å²) in [5.74, 6) is 1.08. The van der Waals surface area contributed by atoms with E-state index < -0.39 is 0 Å². The lowest BCUT2D eigenvalue weighted by atomic mass is 10.2. The molecule has 0 unspecified atom stereocenters. The lowest BCUT2D eigenvalue weighted by Gasteiger charge is -2.08. The highest BCUT2D eigenvalue weighted by molar-refractivity contribution is 7.98. The minimum absolute atomic E-state index is 0.138. The van der Waals surface area contributed by atoms with Crippen molar-refractivity contribution in [3.63, 3.8) is 0 Å². The Balaban J connectivity index is 1.41. The molecule has 0 aliphatic carbocycles. The smallest absolute Gasteiger partial charge is 0.274 e. The predicted octanol–water partition coefficient (Wildman–Crippen LogP) is 4.75. The minimum Gasteiger partial charge on any atom is -0.322 e. The first kappa shape index (κ1) is 22.1. The number of rotatable bonds is 7. The van der Waals surface area contributed by atoms with Gasteiger partial charge in [-0.2, -0.15) is 9.50 Å². The van der Waals surface area contributed by atoms with E-state index in [0.717, 1.165) is 4.90 Å². The summed E-state index contributed by atoms with van der Waals surface area (Å²) in [5.41, 5.74) is 1.64. The number of carbonyl (C=O) groups is 1. The number of halogens is 1. The highest BCUT2D eigenvalue weighted by atomic mass is 35.5. The maximum absolute atomic E-state index is 12.6. The number of anilines is 1. The van der Waals surface area contributed by atoms with Gasteiger partial charge in [-0.1, -0.05) is 37.6 Å². The first-order valence-electron chi connectivity index (χ1n) is 10.1. The van der Waals surface area contributed by atoms with E-state index in [4.69, 9.17) is 11.6 Å². The molecule has 4 aromatic rings. The van der Waals surface area contributed by atoms with Gasteiger partial charge in [-0.15, -0.1) is 11.8 Å². The molecular weight excluding hydrogens is 446 g/mol. The molecule has 9 heteroatoms. The summed E-state index contributed by atoms with van der Waals surface area (Å²) in [5, 5.41) is 3.25. The van der Waals surface area contributed by atoms with E-state index in [1.807, 2.05) is 24.3 Å². The number of aromatic nitrogens is 4. The van der Waals surface area contributed by atoms with Crippen LogP contribution < -0.4 is 10.9 Å². The Labute approximate surface area is 194 Å². The Hall–Kier alpha value is -3.10. The van der Waals surface area contributed by atoms with E-state index in [1.54, 1.807) is 53.1 Å². The molecule has 1 amide bonds. The topological polar surface area (TPSA) is 81.3 Å². The number of hydrogen-bond acceptors (Lipinski definition) is 5. The van der Waals surface area contributed by atoms with Gasteiger partial charge in [-0.05, 0) is 42.3 Å². The molecule has 2 aromatic carbocycles. The number of amides is 1. The van der Waals surface area contributed by atoms with Gasteiger partial charge in [0.05, 0.1) is 16.3 Å². The first-order chi connectivity index (χ1) is 15.4. The summed E-state index contributed by atoms with van der Waals surface area (Å²) in [7, 11) is 0. The van der Waals surface area contributed by atoms with Crippen molar-refractivity contribution >= 4 is 40.7 Å². The van der Waals surface area contributed by atoms with E-state index in [9.17, 15) is 9.59 Å². The van der Waals surface area contributed by atoms with Crippen LogP contribution in [0.15, 0.2) is 70.6 Å². The summed E-state index contributed by atoms with van der Waals surface area (Å²) in [6.45, 7) is 4.87. The van der Waals surface area contributed by atoms with Gasteiger partial charge in [-0.3, -0.25) is 14.3 Å². The van der Waals surface area contributed by atoms with E-state index in [0.29, 0.717) is 46.0 Å². The molecule has 0 aliphatic heterocycles. The standard InChI is InChI=1S/C23H22ClN5O2S/c1-15(2)12-28-14-25-23-27-17(11-21(30)29(23)28)13-32-18-9-7-16(8-10-18)26-22(31)19-5-3-4-6-20(19)24/h3-11,14-15H,12-13H2,1-2H3,(H,26,31). The molecule has 0 radical (unpaired) electrons. The fourth-order valence-corrected chi connectivity index (χ4v) is 4.23. The fourth-order valence-electron chi connectivity index (χ4n) is 3.22. The van der Waals surface area contributed by atoms with Crippen LogP contribution in [0.2, 0.25) is 5.02 Å². The zero-order valence-corrected chi connectivity index (χ0v) is 19.2. The second-order valence-corrected chi connectivity index (χ2v) is 9.16. The third kappa shape index (κ3) is 5.03. The molecule has 0 saturated carbocycles. The monoisotopic (exact) mass is 467 g/mol. The van der Waals surface area contributed by atoms with Gasteiger partial charge in [0.1, 0.15) is 6.33 Å². The molecule has 0 saturated heterocycles. The Morgan fingerprint density at radius 3 is 2.62 bits per heavy atom. The van der Waals surface area contributed by atoms with Crippen LogP contribution in [0.25, 0.3) is 5.78 Å². The summed E-state index contributed by atoms with van der Waals surface area (Å²) in [4.78, 5) is 34.7. The Kier molecular flexibility index (Phi) is 6.62. The molecule has 32 heavy (non-hydrogen) atoms. The number of thioether (sulfide) groups is 1. The third-order valence-corrected chi connectivity index (χ3v) is 6.04. The molecule has 0 aliphatic rings. The number of benzene rings is 2. The van der Waals surface area contributed by atoms with E-state index in [1.165, 1.54) is 4.52 Å². The van der Waals surface area contributed by atoms with Crippen LogP contribution in [0.4, 0.5) is 5.69 Å². The van der Waals surface area contributed by atoms with Crippen molar-refractivity contribution < 1.29 is 4.79 Å². The van der Waals surface area contributed by atoms with Crippen LogP contribution in [0.1, 0.15) is 29.9 Å². The molecule has 0 fully saturated rings.